The van der Waals surface area contributed by atoms with Gasteiger partial charge >= 0.3 is 5.97 Å². The molecular formula is C22H22N4O4S. The van der Waals surface area contributed by atoms with E-state index in [4.69, 9.17) is 9.15 Å². The van der Waals surface area contributed by atoms with Crippen molar-refractivity contribution in [1.82, 2.24) is 19.7 Å². The molecule has 5 rings (SSSR count). The van der Waals surface area contributed by atoms with Crippen LogP contribution in [0.3, 0.4) is 0 Å². The molecule has 0 spiro atoms. The summed E-state index contributed by atoms with van der Waals surface area (Å²) in [5.74, 6) is 0.620. The predicted octanol–water partition coefficient (Wildman–Crippen LogP) is 3.28. The number of nitrogens with zero attached hydrogens (tertiary/aromatic N) is 4. The zero-order chi connectivity index (χ0) is 21.4. The smallest absolute Gasteiger partial charge is 0.308 e. The Morgan fingerprint density at radius 2 is 1.97 bits per heavy atom. The lowest BCUT2D eigenvalue weighted by Gasteiger charge is -2.38. The van der Waals surface area contributed by atoms with Crippen LogP contribution in [0.25, 0.3) is 11.6 Å². The molecule has 8 nitrogen and oxygen atoms in total. The van der Waals surface area contributed by atoms with Crippen molar-refractivity contribution in [2.75, 3.05) is 20.2 Å². The molecule has 0 amide bonds. The normalized spacial score (nSPS) is 20.5. The molecule has 2 atom stereocenters. The zero-order valence-corrected chi connectivity index (χ0v) is 17.8. The molecule has 0 saturated carbocycles. The number of hydrogen-bond acceptors (Lipinski definition) is 8. The molecule has 2 unspecified atom stereocenters. The summed E-state index contributed by atoms with van der Waals surface area (Å²) in [7, 11) is 1.43. The van der Waals surface area contributed by atoms with Gasteiger partial charge in [0.15, 0.2) is 10.9 Å². The molecular weight excluding hydrogens is 416 g/mol. The fourth-order valence-electron chi connectivity index (χ4n) is 4.32. The standard InChI is InChI=1S/C22H22N4O4S/c1-29-21(28)15-9-11-25(12-10-15)17(14-6-3-2-4-7-14)18-20(27)26-22(31-18)23-19(24-26)16-8-5-13-30-16/h2-8,13,15,17-18H,9-12H2,1H3. The minimum atomic E-state index is -0.363. The van der Waals surface area contributed by atoms with Crippen molar-refractivity contribution < 1.29 is 18.7 Å². The van der Waals surface area contributed by atoms with Crippen molar-refractivity contribution in [2.24, 2.45) is 5.92 Å². The Labute approximate surface area is 183 Å². The van der Waals surface area contributed by atoms with Crippen LogP contribution in [0.2, 0.25) is 0 Å². The van der Waals surface area contributed by atoms with Gasteiger partial charge < -0.3 is 9.15 Å². The monoisotopic (exact) mass is 438 g/mol. The second-order valence-electron chi connectivity index (χ2n) is 7.67. The van der Waals surface area contributed by atoms with Gasteiger partial charge in [-0.2, -0.15) is 9.67 Å². The van der Waals surface area contributed by atoms with E-state index in [1.807, 2.05) is 30.3 Å². The van der Waals surface area contributed by atoms with E-state index >= 15 is 0 Å². The van der Waals surface area contributed by atoms with Crippen LogP contribution in [-0.2, 0) is 9.53 Å². The summed E-state index contributed by atoms with van der Waals surface area (Å²) in [4.78, 5) is 32.1. The SMILES string of the molecule is COC(=O)C1CCN(C(c2ccccc2)C2Sc3nc(-c4ccco4)nn3C2=O)CC1. The summed E-state index contributed by atoms with van der Waals surface area (Å²) in [5.41, 5.74) is 1.07. The topological polar surface area (TPSA) is 90.5 Å². The maximum atomic E-state index is 13.4. The number of thioether (sulfide) groups is 1. The second-order valence-corrected chi connectivity index (χ2v) is 8.78. The highest BCUT2D eigenvalue weighted by Gasteiger charge is 2.44. The molecule has 0 radical (unpaired) electrons. The summed E-state index contributed by atoms with van der Waals surface area (Å²) in [5, 5.41) is 4.61. The number of methoxy groups -OCH3 is 1. The third-order valence-corrected chi connectivity index (χ3v) is 7.08. The second kappa shape index (κ2) is 8.32. The number of benzene rings is 1. The number of furan rings is 1. The molecule has 9 heteroatoms. The molecule has 160 valence electrons. The summed E-state index contributed by atoms with van der Waals surface area (Å²) >= 11 is 1.44. The third kappa shape index (κ3) is 3.68. The first-order valence-corrected chi connectivity index (χ1v) is 11.1. The Balaban J connectivity index is 1.41. The van der Waals surface area contributed by atoms with E-state index < -0.39 is 0 Å². The van der Waals surface area contributed by atoms with E-state index in [0.29, 0.717) is 29.6 Å². The van der Waals surface area contributed by atoms with Crippen LogP contribution in [0.15, 0.2) is 58.3 Å². The number of rotatable bonds is 5. The fraction of sp³-hybridized carbons (Fsp3) is 0.364. The number of ether oxygens (including phenoxy) is 1. The van der Waals surface area contributed by atoms with Crippen molar-refractivity contribution in [3.05, 3.63) is 54.3 Å². The molecule has 2 aromatic heterocycles. The Morgan fingerprint density at radius 1 is 1.19 bits per heavy atom. The number of esters is 1. The van der Waals surface area contributed by atoms with E-state index in [9.17, 15) is 9.59 Å². The lowest BCUT2D eigenvalue weighted by atomic mass is 9.93. The van der Waals surface area contributed by atoms with Gasteiger partial charge in [0.1, 0.15) is 5.25 Å². The number of likely N-dealkylation sites (tertiary alicyclic amines) is 1. The molecule has 1 saturated heterocycles. The van der Waals surface area contributed by atoms with Gasteiger partial charge in [0.2, 0.25) is 5.82 Å². The molecule has 1 fully saturated rings. The van der Waals surface area contributed by atoms with Crippen LogP contribution >= 0.6 is 11.8 Å². The first-order valence-electron chi connectivity index (χ1n) is 10.2. The van der Waals surface area contributed by atoms with Crippen LogP contribution in [0.1, 0.15) is 29.2 Å². The predicted molar refractivity (Wildman–Crippen MR) is 113 cm³/mol. The van der Waals surface area contributed by atoms with E-state index in [1.54, 1.807) is 18.4 Å². The Morgan fingerprint density at radius 3 is 2.61 bits per heavy atom. The Kier molecular flexibility index (Phi) is 5.37. The first kappa shape index (κ1) is 20.0. The van der Waals surface area contributed by atoms with E-state index in [1.165, 1.54) is 23.6 Å². The van der Waals surface area contributed by atoms with Gasteiger partial charge in [0.25, 0.3) is 5.91 Å². The largest absolute Gasteiger partial charge is 0.469 e. The minimum Gasteiger partial charge on any atom is -0.469 e. The minimum absolute atomic E-state index is 0.0856. The van der Waals surface area contributed by atoms with Crippen LogP contribution in [0.4, 0.5) is 0 Å². The van der Waals surface area contributed by atoms with E-state index in [2.05, 4.69) is 15.0 Å². The van der Waals surface area contributed by atoms with Crippen LogP contribution < -0.4 is 0 Å². The van der Waals surface area contributed by atoms with Gasteiger partial charge in [-0.25, -0.2) is 0 Å². The van der Waals surface area contributed by atoms with E-state index in [-0.39, 0.29) is 29.1 Å². The molecule has 4 heterocycles. The molecule has 1 aromatic carbocycles. The highest BCUT2D eigenvalue weighted by atomic mass is 32.2. The summed E-state index contributed by atoms with van der Waals surface area (Å²) in [6.45, 7) is 1.44. The molecule has 3 aromatic rings. The quantitative estimate of drug-likeness (QED) is 0.561. The highest BCUT2D eigenvalue weighted by Crippen LogP contribution is 2.42. The van der Waals surface area contributed by atoms with Gasteiger partial charge in [0.05, 0.1) is 25.3 Å². The van der Waals surface area contributed by atoms with Crippen molar-refractivity contribution in [3.8, 4) is 11.6 Å². The summed E-state index contributed by atoms with van der Waals surface area (Å²) < 4.78 is 11.7. The van der Waals surface area contributed by atoms with Crippen LogP contribution in [0, 0.1) is 5.92 Å². The van der Waals surface area contributed by atoms with Crippen molar-refractivity contribution in [1.29, 1.82) is 0 Å². The van der Waals surface area contributed by atoms with Gasteiger partial charge in [-0.1, -0.05) is 42.1 Å². The van der Waals surface area contributed by atoms with Crippen LogP contribution in [-0.4, -0.2) is 57.0 Å². The zero-order valence-electron chi connectivity index (χ0n) is 17.0. The maximum Gasteiger partial charge on any atom is 0.308 e. The van der Waals surface area contributed by atoms with Gasteiger partial charge in [-0.15, -0.1) is 5.10 Å². The lowest BCUT2D eigenvalue weighted by molar-refractivity contribution is -0.147. The molecule has 2 aliphatic heterocycles. The maximum absolute atomic E-state index is 13.4. The molecule has 31 heavy (non-hydrogen) atoms. The third-order valence-electron chi connectivity index (χ3n) is 5.89. The average Bonchev–Trinajstić information content (AvgIpc) is 3.54. The Hall–Kier alpha value is -2.91. The van der Waals surface area contributed by atoms with Crippen LogP contribution in [0.5, 0.6) is 0 Å². The number of carbonyl (C=O) groups is 2. The lowest BCUT2D eigenvalue weighted by Crippen LogP contribution is -2.44. The summed E-state index contributed by atoms with van der Waals surface area (Å²) in [6, 6.07) is 13.4. The fourth-order valence-corrected chi connectivity index (χ4v) is 5.57. The number of aromatic nitrogens is 3. The Bertz CT molecular complexity index is 1070. The highest BCUT2D eigenvalue weighted by molar-refractivity contribution is 8.00. The average molecular weight is 439 g/mol. The number of piperidine rings is 1. The first-order chi connectivity index (χ1) is 15.2. The number of hydrogen-bond donors (Lipinski definition) is 0. The van der Waals surface area contributed by atoms with Gasteiger partial charge in [-0.05, 0) is 43.6 Å². The summed E-state index contributed by atoms with van der Waals surface area (Å²) in [6.07, 6.45) is 2.99. The van der Waals surface area contributed by atoms with Gasteiger partial charge in [-0.3, -0.25) is 14.5 Å². The number of fused-ring (bicyclic) bond motifs is 1. The molecule has 2 aliphatic rings. The number of carbonyl (C=O) groups excluding carboxylic acids is 2. The van der Waals surface area contributed by atoms with E-state index in [0.717, 1.165) is 18.7 Å². The van der Waals surface area contributed by atoms with Crippen molar-refractivity contribution in [2.45, 2.75) is 29.3 Å². The van der Waals surface area contributed by atoms with Crippen molar-refractivity contribution in [3.63, 3.8) is 0 Å². The molecule has 0 bridgehead atoms. The van der Waals surface area contributed by atoms with Gasteiger partial charge in [0, 0.05) is 0 Å². The van der Waals surface area contributed by atoms with Crippen molar-refractivity contribution >= 4 is 23.6 Å². The molecule has 0 N–H and O–H groups in total. The molecule has 0 aliphatic carbocycles.